The number of nitrogens with two attached hydrogens (primary N) is 1. The Labute approximate surface area is 113 Å². The van der Waals surface area contributed by atoms with E-state index < -0.39 is 0 Å². The fraction of sp³-hybridized carbons (Fsp3) is 1.00. The summed E-state index contributed by atoms with van der Waals surface area (Å²) in [5, 5.41) is 0. The zero-order valence-electron chi connectivity index (χ0n) is 12.3. The fourth-order valence-corrected chi connectivity index (χ4v) is 5.54. The van der Waals surface area contributed by atoms with Gasteiger partial charge in [-0.15, -0.1) is 0 Å². The molecule has 2 N–H and O–H groups in total. The molecule has 18 heavy (non-hydrogen) atoms. The predicted molar refractivity (Wildman–Crippen MR) is 77.2 cm³/mol. The van der Waals surface area contributed by atoms with Crippen LogP contribution in [0.15, 0.2) is 0 Å². The molecule has 0 amide bonds. The molecule has 3 saturated carbocycles. The maximum atomic E-state index is 6.08. The van der Waals surface area contributed by atoms with Crippen LogP contribution in [-0.2, 0) is 0 Å². The van der Waals surface area contributed by atoms with E-state index in [1.165, 1.54) is 32.1 Å². The van der Waals surface area contributed by atoms with Crippen LogP contribution in [0.2, 0.25) is 0 Å². The Kier molecular flexibility index (Phi) is 3.71. The van der Waals surface area contributed by atoms with Crippen molar-refractivity contribution in [3.8, 4) is 0 Å². The van der Waals surface area contributed by atoms with E-state index in [2.05, 4.69) is 13.8 Å². The first-order valence-electron chi connectivity index (χ1n) is 8.39. The highest BCUT2D eigenvalue weighted by Gasteiger charge is 2.46. The van der Waals surface area contributed by atoms with Crippen LogP contribution < -0.4 is 5.73 Å². The van der Waals surface area contributed by atoms with Crippen LogP contribution in [0.3, 0.4) is 0 Å². The van der Waals surface area contributed by atoms with Gasteiger partial charge >= 0.3 is 0 Å². The average Bonchev–Trinajstić information content (AvgIpc) is 3.00. The molecule has 0 aromatic rings. The van der Waals surface area contributed by atoms with Crippen LogP contribution >= 0.6 is 0 Å². The Morgan fingerprint density at radius 3 is 2.33 bits per heavy atom. The smallest absolute Gasteiger partial charge is 0.00461 e. The van der Waals surface area contributed by atoms with Crippen LogP contribution in [0.4, 0.5) is 0 Å². The normalized spacial score (nSPS) is 48.0. The van der Waals surface area contributed by atoms with Gasteiger partial charge < -0.3 is 5.73 Å². The summed E-state index contributed by atoms with van der Waals surface area (Å²) in [6.45, 7) is 5.79. The Morgan fingerprint density at radius 1 is 0.944 bits per heavy atom. The molecule has 0 saturated heterocycles. The van der Waals surface area contributed by atoms with Gasteiger partial charge in [0.1, 0.15) is 0 Å². The van der Waals surface area contributed by atoms with E-state index in [9.17, 15) is 0 Å². The summed E-state index contributed by atoms with van der Waals surface area (Å²) < 4.78 is 0. The van der Waals surface area contributed by atoms with Crippen molar-refractivity contribution in [2.75, 3.05) is 6.54 Å². The van der Waals surface area contributed by atoms with Gasteiger partial charge in [0.05, 0.1) is 0 Å². The van der Waals surface area contributed by atoms with Gasteiger partial charge in [-0.1, -0.05) is 20.3 Å². The van der Waals surface area contributed by atoms with Crippen molar-refractivity contribution in [2.45, 2.75) is 58.8 Å². The lowest BCUT2D eigenvalue weighted by Crippen LogP contribution is -2.38. The Balaban J connectivity index is 1.70. The van der Waals surface area contributed by atoms with Crippen molar-refractivity contribution in [3.05, 3.63) is 0 Å². The van der Waals surface area contributed by atoms with E-state index in [1.807, 2.05) is 0 Å². The Morgan fingerprint density at radius 2 is 1.78 bits per heavy atom. The second-order valence-electron chi connectivity index (χ2n) is 7.82. The number of fused-ring (bicyclic) bond motifs is 2. The summed E-state index contributed by atoms with van der Waals surface area (Å²) in [5.41, 5.74) is 6.08. The molecule has 0 aromatic heterocycles. The summed E-state index contributed by atoms with van der Waals surface area (Å²) in [7, 11) is 0. The van der Waals surface area contributed by atoms with E-state index >= 15 is 0 Å². The largest absolute Gasteiger partial charge is 0.330 e. The maximum Gasteiger partial charge on any atom is -0.00461 e. The molecule has 0 aliphatic heterocycles. The van der Waals surface area contributed by atoms with Gasteiger partial charge in [0.15, 0.2) is 0 Å². The predicted octanol–water partition coefficient (Wildman–Crippen LogP) is 4.07. The summed E-state index contributed by atoms with van der Waals surface area (Å²) in [6.07, 6.45) is 10.5. The van der Waals surface area contributed by atoms with Crippen LogP contribution in [0, 0.1) is 41.4 Å². The van der Waals surface area contributed by atoms with Gasteiger partial charge in [-0.3, -0.25) is 0 Å². The molecule has 3 aliphatic rings. The van der Waals surface area contributed by atoms with Crippen molar-refractivity contribution in [1.82, 2.24) is 0 Å². The first kappa shape index (κ1) is 13.0. The molecule has 1 heteroatoms. The first-order valence-corrected chi connectivity index (χ1v) is 8.39. The molecule has 1 nitrogen and oxygen atoms in total. The Bertz CT molecular complexity index is 285. The molecule has 6 atom stereocenters. The lowest BCUT2D eigenvalue weighted by atomic mass is 9.63. The molecule has 0 aromatic carbocycles. The highest BCUT2D eigenvalue weighted by Crippen LogP contribution is 2.55. The van der Waals surface area contributed by atoms with Crippen LogP contribution in [0.5, 0.6) is 0 Å². The molecule has 2 bridgehead atoms. The number of hydrogen-bond donors (Lipinski definition) is 1. The molecule has 0 heterocycles. The van der Waals surface area contributed by atoms with E-state index in [4.69, 9.17) is 5.73 Å². The van der Waals surface area contributed by atoms with E-state index in [0.29, 0.717) is 0 Å². The monoisotopic (exact) mass is 249 g/mol. The molecular formula is C17H31N. The van der Waals surface area contributed by atoms with Crippen LogP contribution in [-0.4, -0.2) is 6.54 Å². The summed E-state index contributed by atoms with van der Waals surface area (Å²) in [4.78, 5) is 0. The molecule has 6 unspecified atom stereocenters. The maximum absolute atomic E-state index is 6.08. The number of rotatable bonds is 3. The minimum absolute atomic E-state index is 0.851. The fourth-order valence-electron chi connectivity index (χ4n) is 5.54. The van der Waals surface area contributed by atoms with Gasteiger partial charge in [0.2, 0.25) is 0 Å². The first-order chi connectivity index (χ1) is 8.69. The van der Waals surface area contributed by atoms with Crippen molar-refractivity contribution in [2.24, 2.45) is 47.2 Å². The highest BCUT2D eigenvalue weighted by atomic mass is 14.6. The van der Waals surface area contributed by atoms with Gasteiger partial charge in [-0.2, -0.15) is 0 Å². The van der Waals surface area contributed by atoms with Gasteiger partial charge in [0.25, 0.3) is 0 Å². The SMILES string of the molecule is CC(C)C1CCC(CN)C(C2CC3CCC2C3)C1. The molecule has 3 fully saturated rings. The van der Waals surface area contributed by atoms with Crippen LogP contribution in [0.1, 0.15) is 58.8 Å². The van der Waals surface area contributed by atoms with Gasteiger partial charge in [-0.05, 0) is 86.5 Å². The molecule has 3 aliphatic carbocycles. The van der Waals surface area contributed by atoms with E-state index in [-0.39, 0.29) is 0 Å². The van der Waals surface area contributed by atoms with Crippen molar-refractivity contribution in [3.63, 3.8) is 0 Å². The molecule has 3 rings (SSSR count). The quantitative estimate of drug-likeness (QED) is 0.801. The van der Waals surface area contributed by atoms with Crippen molar-refractivity contribution in [1.29, 1.82) is 0 Å². The zero-order chi connectivity index (χ0) is 12.7. The topological polar surface area (TPSA) is 26.0 Å². The minimum Gasteiger partial charge on any atom is -0.330 e. The third kappa shape index (κ3) is 2.24. The zero-order valence-corrected chi connectivity index (χ0v) is 12.3. The third-order valence-electron chi connectivity index (χ3n) is 6.68. The minimum atomic E-state index is 0.851. The van der Waals surface area contributed by atoms with Gasteiger partial charge in [0, 0.05) is 0 Å². The summed E-state index contributed by atoms with van der Waals surface area (Å²) in [5.74, 6) is 6.93. The van der Waals surface area contributed by atoms with Crippen molar-refractivity contribution >= 4 is 0 Å². The summed E-state index contributed by atoms with van der Waals surface area (Å²) in [6, 6.07) is 0. The second kappa shape index (κ2) is 5.15. The molecular weight excluding hydrogens is 218 g/mol. The lowest BCUT2D eigenvalue weighted by Gasteiger charge is -2.43. The molecule has 104 valence electrons. The van der Waals surface area contributed by atoms with Gasteiger partial charge in [-0.25, -0.2) is 0 Å². The van der Waals surface area contributed by atoms with Crippen molar-refractivity contribution < 1.29 is 0 Å². The third-order valence-corrected chi connectivity index (χ3v) is 6.68. The molecule has 0 radical (unpaired) electrons. The van der Waals surface area contributed by atoms with E-state index in [0.717, 1.165) is 48.0 Å². The lowest BCUT2D eigenvalue weighted by molar-refractivity contribution is 0.0746. The average molecular weight is 249 g/mol. The number of hydrogen-bond acceptors (Lipinski definition) is 1. The molecule has 0 spiro atoms. The summed E-state index contributed by atoms with van der Waals surface area (Å²) >= 11 is 0. The highest BCUT2D eigenvalue weighted by molar-refractivity contribution is 4.96. The van der Waals surface area contributed by atoms with E-state index in [1.54, 1.807) is 12.8 Å². The second-order valence-corrected chi connectivity index (χ2v) is 7.82. The Hall–Kier alpha value is -0.0400. The van der Waals surface area contributed by atoms with Crippen LogP contribution in [0.25, 0.3) is 0 Å². The standard InChI is InChI=1S/C17H31N/c1-11(2)13-5-6-15(10-18)17(9-13)16-8-12-3-4-14(16)7-12/h11-17H,3-10,18H2,1-2H3.